The molecule has 2 aromatic rings. The fraction of sp³-hybridized carbons (Fsp3) is 0.200. The number of halogens is 1. The maximum absolute atomic E-state index is 5.93. The molecule has 0 spiro atoms. The van der Waals surface area contributed by atoms with Gasteiger partial charge in [-0.05, 0) is 60.7 Å². The van der Waals surface area contributed by atoms with E-state index in [4.69, 9.17) is 10.5 Å². The SMILES string of the molecule is Nc1cc(Br)ccc1Oc1ccc2c(c1)CCC2. The van der Waals surface area contributed by atoms with Gasteiger partial charge in [0.05, 0.1) is 5.69 Å². The van der Waals surface area contributed by atoms with Crippen molar-refractivity contribution in [3.8, 4) is 11.5 Å². The summed E-state index contributed by atoms with van der Waals surface area (Å²) < 4.78 is 6.80. The maximum atomic E-state index is 5.93. The Bertz CT molecular complexity index is 595. The molecule has 2 N–H and O–H groups in total. The summed E-state index contributed by atoms with van der Waals surface area (Å²) in [7, 11) is 0. The van der Waals surface area contributed by atoms with Crippen LogP contribution in [-0.4, -0.2) is 0 Å². The standard InChI is InChI=1S/C15H14BrNO/c16-12-5-7-15(14(17)9-12)18-13-6-4-10-2-1-3-11(10)8-13/h4-9H,1-3,17H2. The summed E-state index contributed by atoms with van der Waals surface area (Å²) in [6, 6.07) is 12.0. The van der Waals surface area contributed by atoms with Crippen molar-refractivity contribution in [3.05, 3.63) is 52.0 Å². The number of anilines is 1. The first-order chi connectivity index (χ1) is 8.72. The molecule has 1 aliphatic carbocycles. The predicted octanol–water partition coefficient (Wildman–Crippen LogP) is 4.31. The van der Waals surface area contributed by atoms with Crippen molar-refractivity contribution in [1.82, 2.24) is 0 Å². The molecule has 0 aliphatic heterocycles. The van der Waals surface area contributed by atoms with Gasteiger partial charge in [0.15, 0.2) is 0 Å². The van der Waals surface area contributed by atoms with Gasteiger partial charge in [-0.25, -0.2) is 0 Å². The quantitative estimate of drug-likeness (QED) is 0.839. The minimum atomic E-state index is 0.643. The van der Waals surface area contributed by atoms with Crippen molar-refractivity contribution in [2.45, 2.75) is 19.3 Å². The van der Waals surface area contributed by atoms with Gasteiger partial charge in [-0.2, -0.15) is 0 Å². The minimum absolute atomic E-state index is 0.643. The Kier molecular flexibility index (Phi) is 3.00. The second-order valence-electron chi connectivity index (χ2n) is 4.57. The van der Waals surface area contributed by atoms with Gasteiger partial charge in [-0.1, -0.05) is 22.0 Å². The number of benzene rings is 2. The number of rotatable bonds is 2. The second kappa shape index (κ2) is 4.65. The van der Waals surface area contributed by atoms with Crippen LogP contribution in [-0.2, 0) is 12.8 Å². The fourth-order valence-electron chi connectivity index (χ4n) is 2.35. The van der Waals surface area contributed by atoms with Gasteiger partial charge in [-0.15, -0.1) is 0 Å². The van der Waals surface area contributed by atoms with E-state index in [0.29, 0.717) is 11.4 Å². The smallest absolute Gasteiger partial charge is 0.150 e. The van der Waals surface area contributed by atoms with Gasteiger partial charge in [0.2, 0.25) is 0 Å². The van der Waals surface area contributed by atoms with Crippen LogP contribution < -0.4 is 10.5 Å². The van der Waals surface area contributed by atoms with E-state index in [1.807, 2.05) is 24.3 Å². The molecule has 2 nitrogen and oxygen atoms in total. The summed E-state index contributed by atoms with van der Waals surface area (Å²) in [4.78, 5) is 0. The largest absolute Gasteiger partial charge is 0.455 e. The Morgan fingerprint density at radius 3 is 2.67 bits per heavy atom. The average Bonchev–Trinajstić information content (AvgIpc) is 2.80. The molecule has 0 bridgehead atoms. The molecule has 92 valence electrons. The third-order valence-corrected chi connectivity index (χ3v) is 3.76. The number of hydrogen-bond donors (Lipinski definition) is 1. The molecule has 0 atom stereocenters. The summed E-state index contributed by atoms with van der Waals surface area (Å²) in [5.41, 5.74) is 9.43. The van der Waals surface area contributed by atoms with Crippen LogP contribution in [0.25, 0.3) is 0 Å². The van der Waals surface area contributed by atoms with E-state index in [2.05, 4.69) is 28.1 Å². The van der Waals surface area contributed by atoms with E-state index in [-0.39, 0.29) is 0 Å². The molecule has 0 fully saturated rings. The van der Waals surface area contributed by atoms with Crippen molar-refractivity contribution >= 4 is 21.6 Å². The van der Waals surface area contributed by atoms with E-state index in [0.717, 1.165) is 16.6 Å². The molecule has 0 amide bonds. The molecule has 0 saturated heterocycles. The highest BCUT2D eigenvalue weighted by Crippen LogP contribution is 2.32. The van der Waals surface area contributed by atoms with Crippen LogP contribution in [0.1, 0.15) is 17.5 Å². The summed E-state index contributed by atoms with van der Waals surface area (Å²) in [6.45, 7) is 0. The Balaban J connectivity index is 1.88. The molecule has 3 heteroatoms. The zero-order valence-corrected chi connectivity index (χ0v) is 11.5. The van der Waals surface area contributed by atoms with Gasteiger partial charge >= 0.3 is 0 Å². The van der Waals surface area contributed by atoms with Gasteiger partial charge in [-0.3, -0.25) is 0 Å². The number of hydrogen-bond acceptors (Lipinski definition) is 2. The third-order valence-electron chi connectivity index (χ3n) is 3.27. The lowest BCUT2D eigenvalue weighted by atomic mass is 10.1. The van der Waals surface area contributed by atoms with Crippen molar-refractivity contribution < 1.29 is 4.74 Å². The van der Waals surface area contributed by atoms with Crippen LogP contribution in [0.5, 0.6) is 11.5 Å². The summed E-state index contributed by atoms with van der Waals surface area (Å²) in [5.74, 6) is 1.57. The molecular formula is C15H14BrNO. The van der Waals surface area contributed by atoms with Crippen molar-refractivity contribution in [1.29, 1.82) is 0 Å². The number of ether oxygens (including phenoxy) is 1. The minimum Gasteiger partial charge on any atom is -0.455 e. The van der Waals surface area contributed by atoms with Crippen LogP contribution in [0.3, 0.4) is 0 Å². The van der Waals surface area contributed by atoms with E-state index in [9.17, 15) is 0 Å². The van der Waals surface area contributed by atoms with Crippen LogP contribution in [0.4, 0.5) is 5.69 Å². The topological polar surface area (TPSA) is 35.2 Å². The van der Waals surface area contributed by atoms with Crippen LogP contribution in [0, 0.1) is 0 Å². The normalized spacial score (nSPS) is 13.4. The lowest BCUT2D eigenvalue weighted by Gasteiger charge is -2.10. The highest BCUT2D eigenvalue weighted by Gasteiger charge is 2.12. The van der Waals surface area contributed by atoms with Gasteiger partial charge in [0.1, 0.15) is 11.5 Å². The van der Waals surface area contributed by atoms with E-state index < -0.39 is 0 Å². The summed E-state index contributed by atoms with van der Waals surface area (Å²) in [6.07, 6.45) is 3.59. The van der Waals surface area contributed by atoms with Gasteiger partial charge < -0.3 is 10.5 Å². The number of aryl methyl sites for hydroxylation is 2. The van der Waals surface area contributed by atoms with E-state index >= 15 is 0 Å². The Labute approximate surface area is 115 Å². The van der Waals surface area contributed by atoms with E-state index in [1.165, 1.54) is 24.0 Å². The zero-order chi connectivity index (χ0) is 12.5. The van der Waals surface area contributed by atoms with Crippen LogP contribution >= 0.6 is 15.9 Å². The van der Waals surface area contributed by atoms with Crippen LogP contribution in [0.2, 0.25) is 0 Å². The molecule has 0 aromatic heterocycles. The van der Waals surface area contributed by atoms with Crippen LogP contribution in [0.15, 0.2) is 40.9 Å². The first-order valence-corrected chi connectivity index (χ1v) is 6.86. The van der Waals surface area contributed by atoms with Gasteiger partial charge in [0.25, 0.3) is 0 Å². The lowest BCUT2D eigenvalue weighted by molar-refractivity contribution is 0.484. The number of nitrogen functional groups attached to an aromatic ring is 1. The second-order valence-corrected chi connectivity index (χ2v) is 5.48. The highest BCUT2D eigenvalue weighted by atomic mass is 79.9. The first-order valence-electron chi connectivity index (χ1n) is 6.07. The van der Waals surface area contributed by atoms with E-state index in [1.54, 1.807) is 0 Å². The molecule has 0 unspecified atom stereocenters. The molecule has 2 aromatic carbocycles. The Morgan fingerprint density at radius 1 is 1.00 bits per heavy atom. The lowest BCUT2D eigenvalue weighted by Crippen LogP contribution is -1.93. The molecule has 3 rings (SSSR count). The molecule has 0 heterocycles. The molecule has 0 saturated carbocycles. The van der Waals surface area contributed by atoms with Crippen molar-refractivity contribution in [3.63, 3.8) is 0 Å². The Morgan fingerprint density at radius 2 is 1.83 bits per heavy atom. The van der Waals surface area contributed by atoms with Crippen molar-refractivity contribution in [2.24, 2.45) is 0 Å². The molecule has 18 heavy (non-hydrogen) atoms. The molecule has 0 radical (unpaired) electrons. The monoisotopic (exact) mass is 303 g/mol. The fourth-order valence-corrected chi connectivity index (χ4v) is 2.73. The number of nitrogens with two attached hydrogens (primary N) is 1. The summed E-state index contributed by atoms with van der Waals surface area (Å²) in [5, 5.41) is 0. The van der Waals surface area contributed by atoms with Crippen molar-refractivity contribution in [2.75, 3.05) is 5.73 Å². The maximum Gasteiger partial charge on any atom is 0.150 e. The summed E-state index contributed by atoms with van der Waals surface area (Å²) >= 11 is 3.39. The first kappa shape index (κ1) is 11.6. The number of fused-ring (bicyclic) bond motifs is 1. The molecule has 1 aliphatic rings. The zero-order valence-electron chi connectivity index (χ0n) is 9.95. The predicted molar refractivity (Wildman–Crippen MR) is 77.1 cm³/mol. The molecular weight excluding hydrogens is 290 g/mol. The average molecular weight is 304 g/mol. The highest BCUT2D eigenvalue weighted by molar-refractivity contribution is 9.10. The third kappa shape index (κ3) is 2.23. The van der Waals surface area contributed by atoms with Gasteiger partial charge in [0, 0.05) is 4.47 Å². The Hall–Kier alpha value is -1.48.